The molecule has 5 nitrogen and oxygen atoms in total. The Morgan fingerprint density at radius 3 is 2.84 bits per heavy atom. The van der Waals surface area contributed by atoms with Gasteiger partial charge in [-0.3, -0.25) is 14.9 Å². The van der Waals surface area contributed by atoms with Gasteiger partial charge in [0.15, 0.2) is 0 Å². The zero-order valence-corrected chi connectivity index (χ0v) is 14.1. The van der Waals surface area contributed by atoms with E-state index in [0.29, 0.717) is 5.56 Å². The first kappa shape index (κ1) is 16.9. The second-order valence-electron chi connectivity index (χ2n) is 6.24. The first-order valence-corrected chi connectivity index (χ1v) is 8.33. The second-order valence-corrected chi connectivity index (χ2v) is 6.24. The fourth-order valence-electron chi connectivity index (χ4n) is 3.31. The molecule has 1 unspecified atom stereocenters. The number of nitro benzene ring substituents is 1. The number of hydrogen-bond acceptors (Lipinski definition) is 3. The van der Waals surface area contributed by atoms with Gasteiger partial charge in [0.1, 0.15) is 0 Å². The summed E-state index contributed by atoms with van der Waals surface area (Å²) in [5.41, 5.74) is 3.18. The number of nitro groups is 1. The van der Waals surface area contributed by atoms with E-state index in [1.807, 2.05) is 19.2 Å². The molecule has 2 aromatic rings. The van der Waals surface area contributed by atoms with Crippen LogP contribution in [-0.4, -0.2) is 22.8 Å². The Morgan fingerprint density at radius 2 is 2.04 bits per heavy atom. The molecule has 0 saturated carbocycles. The van der Waals surface area contributed by atoms with Gasteiger partial charge >= 0.3 is 0 Å². The molecular formula is C20H20N2O3. The molecule has 1 atom stereocenters. The number of amides is 1. The molecule has 1 aliphatic carbocycles. The summed E-state index contributed by atoms with van der Waals surface area (Å²) < 4.78 is 0. The molecule has 0 fully saturated rings. The summed E-state index contributed by atoms with van der Waals surface area (Å²) in [6.45, 7) is 0. The molecule has 0 heterocycles. The highest BCUT2D eigenvalue weighted by atomic mass is 16.6. The summed E-state index contributed by atoms with van der Waals surface area (Å²) in [5, 5.41) is 10.8. The van der Waals surface area contributed by atoms with Gasteiger partial charge in [0, 0.05) is 25.3 Å². The minimum atomic E-state index is -0.440. The Hall–Kier alpha value is -2.95. The van der Waals surface area contributed by atoms with E-state index in [-0.39, 0.29) is 17.6 Å². The van der Waals surface area contributed by atoms with Crippen LogP contribution in [0.5, 0.6) is 0 Å². The van der Waals surface area contributed by atoms with Gasteiger partial charge in [0.25, 0.3) is 5.69 Å². The van der Waals surface area contributed by atoms with Crippen molar-refractivity contribution in [2.75, 3.05) is 7.05 Å². The van der Waals surface area contributed by atoms with Crippen molar-refractivity contribution < 1.29 is 9.72 Å². The fraction of sp³-hybridized carbons (Fsp3) is 0.250. The lowest BCUT2D eigenvalue weighted by Gasteiger charge is -2.32. The Kier molecular flexibility index (Phi) is 4.93. The minimum absolute atomic E-state index is 0.0177. The van der Waals surface area contributed by atoms with Crippen LogP contribution in [0.15, 0.2) is 54.6 Å². The van der Waals surface area contributed by atoms with E-state index in [4.69, 9.17) is 0 Å². The summed E-state index contributed by atoms with van der Waals surface area (Å²) in [7, 11) is 1.81. The number of aryl methyl sites for hydroxylation is 1. The van der Waals surface area contributed by atoms with Crippen molar-refractivity contribution in [1.29, 1.82) is 0 Å². The van der Waals surface area contributed by atoms with Crippen molar-refractivity contribution in [3.8, 4) is 0 Å². The molecule has 128 valence electrons. The van der Waals surface area contributed by atoms with Crippen LogP contribution in [-0.2, 0) is 11.2 Å². The lowest BCUT2D eigenvalue weighted by atomic mass is 9.87. The zero-order chi connectivity index (χ0) is 17.8. The predicted molar refractivity (Wildman–Crippen MR) is 97.0 cm³/mol. The monoisotopic (exact) mass is 336 g/mol. The molecule has 0 saturated heterocycles. The van der Waals surface area contributed by atoms with E-state index in [1.54, 1.807) is 23.1 Å². The number of carbonyl (C=O) groups is 1. The largest absolute Gasteiger partial charge is 0.335 e. The van der Waals surface area contributed by atoms with Crippen LogP contribution < -0.4 is 0 Å². The molecule has 1 aliphatic rings. The molecule has 0 aliphatic heterocycles. The molecule has 25 heavy (non-hydrogen) atoms. The number of rotatable bonds is 4. The van der Waals surface area contributed by atoms with Gasteiger partial charge < -0.3 is 4.90 Å². The summed E-state index contributed by atoms with van der Waals surface area (Å²) in [6.07, 6.45) is 6.17. The lowest BCUT2D eigenvalue weighted by molar-refractivity contribution is -0.384. The summed E-state index contributed by atoms with van der Waals surface area (Å²) in [5.74, 6) is -0.104. The Bertz CT molecular complexity index is 829. The van der Waals surface area contributed by atoms with Crippen LogP contribution in [0.1, 0.15) is 35.6 Å². The van der Waals surface area contributed by atoms with E-state index >= 15 is 0 Å². The standard InChI is InChI=1S/C20H20N2O3/c1-21(19-11-5-8-16-7-2-3-10-18(16)19)20(23)13-12-15-6-4-9-17(14-15)22(24)25/h2-4,6-7,9-10,12-14,19H,5,8,11H2,1H3/b13-12+. The number of non-ortho nitro benzene ring substituents is 1. The number of fused-ring (bicyclic) bond motifs is 1. The first-order valence-electron chi connectivity index (χ1n) is 8.33. The van der Waals surface area contributed by atoms with Crippen molar-refractivity contribution >= 4 is 17.7 Å². The van der Waals surface area contributed by atoms with Crippen LogP contribution in [0, 0.1) is 10.1 Å². The second kappa shape index (κ2) is 7.30. The zero-order valence-electron chi connectivity index (χ0n) is 14.1. The van der Waals surface area contributed by atoms with Crippen molar-refractivity contribution in [2.24, 2.45) is 0 Å². The van der Waals surface area contributed by atoms with Gasteiger partial charge in [0.2, 0.25) is 5.91 Å². The quantitative estimate of drug-likeness (QED) is 0.479. The topological polar surface area (TPSA) is 63.5 Å². The highest BCUT2D eigenvalue weighted by Gasteiger charge is 2.25. The predicted octanol–water partition coefficient (Wildman–Crippen LogP) is 4.14. The summed E-state index contributed by atoms with van der Waals surface area (Å²) >= 11 is 0. The van der Waals surface area contributed by atoms with Crippen LogP contribution in [0.25, 0.3) is 6.08 Å². The first-order chi connectivity index (χ1) is 12.1. The Balaban J connectivity index is 1.75. The van der Waals surface area contributed by atoms with Gasteiger partial charge in [-0.05, 0) is 42.0 Å². The molecule has 0 N–H and O–H groups in total. The Morgan fingerprint density at radius 1 is 1.24 bits per heavy atom. The number of benzene rings is 2. The van der Waals surface area contributed by atoms with E-state index in [2.05, 4.69) is 12.1 Å². The van der Waals surface area contributed by atoms with Crippen molar-refractivity contribution in [1.82, 2.24) is 4.90 Å². The highest BCUT2D eigenvalue weighted by molar-refractivity contribution is 5.92. The van der Waals surface area contributed by atoms with Crippen molar-refractivity contribution in [3.05, 3.63) is 81.4 Å². The highest BCUT2D eigenvalue weighted by Crippen LogP contribution is 2.33. The average Bonchev–Trinajstić information content (AvgIpc) is 2.65. The van der Waals surface area contributed by atoms with Gasteiger partial charge in [-0.25, -0.2) is 0 Å². The van der Waals surface area contributed by atoms with E-state index in [9.17, 15) is 14.9 Å². The normalized spacial score (nSPS) is 16.4. The number of carbonyl (C=O) groups excluding carboxylic acids is 1. The molecule has 1 amide bonds. The molecule has 0 spiro atoms. The molecule has 2 aromatic carbocycles. The maximum atomic E-state index is 12.5. The van der Waals surface area contributed by atoms with E-state index < -0.39 is 4.92 Å². The molecular weight excluding hydrogens is 316 g/mol. The SMILES string of the molecule is CN(C(=O)/C=C/c1cccc([N+](=O)[O-])c1)C1CCCc2ccccc21. The third-order valence-corrected chi connectivity index (χ3v) is 4.65. The number of nitrogens with zero attached hydrogens (tertiary/aromatic N) is 2. The minimum Gasteiger partial charge on any atom is -0.335 e. The van der Waals surface area contributed by atoms with Gasteiger partial charge in [-0.15, -0.1) is 0 Å². The molecule has 5 heteroatoms. The van der Waals surface area contributed by atoms with Gasteiger partial charge in [-0.2, -0.15) is 0 Å². The molecule has 0 bridgehead atoms. The number of likely N-dealkylation sites (N-methyl/N-ethyl adjacent to an activating group) is 1. The summed E-state index contributed by atoms with van der Waals surface area (Å²) in [6, 6.07) is 14.6. The summed E-state index contributed by atoms with van der Waals surface area (Å²) in [4.78, 5) is 24.7. The third-order valence-electron chi connectivity index (χ3n) is 4.65. The van der Waals surface area contributed by atoms with Crippen molar-refractivity contribution in [2.45, 2.75) is 25.3 Å². The van der Waals surface area contributed by atoms with Crippen LogP contribution in [0.4, 0.5) is 5.69 Å². The van der Waals surface area contributed by atoms with Gasteiger partial charge in [-0.1, -0.05) is 36.4 Å². The van der Waals surface area contributed by atoms with Crippen molar-refractivity contribution in [3.63, 3.8) is 0 Å². The van der Waals surface area contributed by atoms with Crippen LogP contribution in [0.2, 0.25) is 0 Å². The number of hydrogen-bond donors (Lipinski definition) is 0. The van der Waals surface area contributed by atoms with E-state index in [0.717, 1.165) is 19.3 Å². The Labute approximate surface area is 146 Å². The fourth-order valence-corrected chi connectivity index (χ4v) is 3.31. The molecule has 3 rings (SSSR count). The smallest absolute Gasteiger partial charge is 0.270 e. The van der Waals surface area contributed by atoms with Crippen LogP contribution in [0.3, 0.4) is 0 Å². The maximum Gasteiger partial charge on any atom is 0.270 e. The van der Waals surface area contributed by atoms with E-state index in [1.165, 1.54) is 29.3 Å². The van der Waals surface area contributed by atoms with Gasteiger partial charge in [0.05, 0.1) is 11.0 Å². The maximum absolute atomic E-state index is 12.5. The van der Waals surface area contributed by atoms with Crippen LogP contribution >= 0.6 is 0 Å². The molecule has 0 aromatic heterocycles. The molecule has 0 radical (unpaired) electrons. The average molecular weight is 336 g/mol. The lowest BCUT2D eigenvalue weighted by Crippen LogP contribution is -2.32. The third kappa shape index (κ3) is 3.76.